The van der Waals surface area contributed by atoms with Crippen molar-refractivity contribution in [2.24, 2.45) is 0 Å². The fourth-order valence-electron chi connectivity index (χ4n) is 3.61. The van der Waals surface area contributed by atoms with Crippen molar-refractivity contribution in [3.63, 3.8) is 0 Å². The fraction of sp³-hybridized carbons (Fsp3) is 0.900. The Morgan fingerprint density at radius 2 is 0.810 bits per heavy atom. The minimum atomic E-state index is -1.28. The van der Waals surface area contributed by atoms with E-state index < -0.39 is 54.6 Å². The van der Waals surface area contributed by atoms with Gasteiger partial charge in [-0.25, -0.2) is 14.4 Å². The summed E-state index contributed by atoms with van der Waals surface area (Å²) >= 11 is 0. The standard InChI is InChI=1S/C30H56O12/c1-10-13-16-19-28(4,5)40-37-25(31)34-22-24(36-27(33)39-42-30(8,9)21-18-15-12-3)23-35-26(32)38-41-29(6,7)20-17-14-11-2/h24H,10-23H2,1-9H3. The fourth-order valence-corrected chi connectivity index (χ4v) is 3.61. The van der Waals surface area contributed by atoms with Crippen LogP contribution >= 0.6 is 0 Å². The molecule has 0 bridgehead atoms. The van der Waals surface area contributed by atoms with E-state index in [9.17, 15) is 14.4 Å². The molecule has 0 aliphatic heterocycles. The van der Waals surface area contributed by atoms with E-state index in [-0.39, 0.29) is 0 Å². The molecule has 0 aliphatic carbocycles. The quantitative estimate of drug-likeness (QED) is 0.0361. The Morgan fingerprint density at radius 1 is 0.500 bits per heavy atom. The molecule has 12 nitrogen and oxygen atoms in total. The molecule has 0 unspecified atom stereocenters. The average molecular weight is 609 g/mol. The van der Waals surface area contributed by atoms with E-state index >= 15 is 0 Å². The molecule has 0 fully saturated rings. The number of hydrogen-bond donors (Lipinski definition) is 0. The first-order valence-corrected chi connectivity index (χ1v) is 15.3. The highest BCUT2D eigenvalue weighted by Gasteiger charge is 2.28. The molecule has 0 aliphatic rings. The van der Waals surface area contributed by atoms with Crippen LogP contribution in [0.5, 0.6) is 0 Å². The molecule has 0 heterocycles. The molecule has 0 radical (unpaired) electrons. The van der Waals surface area contributed by atoms with Crippen molar-refractivity contribution in [2.75, 3.05) is 13.2 Å². The van der Waals surface area contributed by atoms with Gasteiger partial charge >= 0.3 is 18.5 Å². The number of carbonyl (C=O) groups excluding carboxylic acids is 3. The summed E-state index contributed by atoms with van der Waals surface area (Å²) in [5, 5.41) is 0. The van der Waals surface area contributed by atoms with Crippen LogP contribution in [0.1, 0.15) is 139 Å². The lowest BCUT2D eigenvalue weighted by molar-refractivity contribution is -0.326. The van der Waals surface area contributed by atoms with Gasteiger partial charge in [0.25, 0.3) is 0 Å². The Kier molecular flexibility index (Phi) is 20.2. The second kappa shape index (κ2) is 21.4. The summed E-state index contributed by atoms with van der Waals surface area (Å²) in [7, 11) is 0. The summed E-state index contributed by atoms with van der Waals surface area (Å²) in [6.45, 7) is 15.9. The van der Waals surface area contributed by atoms with E-state index in [0.717, 1.165) is 57.8 Å². The molecular weight excluding hydrogens is 552 g/mol. The van der Waals surface area contributed by atoms with Crippen LogP contribution in [-0.4, -0.2) is 54.6 Å². The summed E-state index contributed by atoms with van der Waals surface area (Å²) < 4.78 is 15.2. The first kappa shape index (κ1) is 39.7. The predicted molar refractivity (Wildman–Crippen MR) is 154 cm³/mol. The number of ether oxygens (including phenoxy) is 3. The van der Waals surface area contributed by atoms with E-state index in [2.05, 4.69) is 20.8 Å². The van der Waals surface area contributed by atoms with Crippen LogP contribution in [0.2, 0.25) is 0 Å². The summed E-state index contributed by atoms with van der Waals surface area (Å²) in [5.41, 5.74) is -2.18. The number of rotatable bonds is 23. The summed E-state index contributed by atoms with van der Waals surface area (Å²) in [5.74, 6) is 0. The lowest BCUT2D eigenvalue weighted by Gasteiger charge is -2.24. The normalized spacial score (nSPS) is 12.1. The lowest BCUT2D eigenvalue weighted by Crippen LogP contribution is -2.34. The predicted octanol–water partition coefficient (Wildman–Crippen LogP) is 8.69. The van der Waals surface area contributed by atoms with Gasteiger partial charge in [-0.3, -0.25) is 14.7 Å². The molecule has 42 heavy (non-hydrogen) atoms. The molecule has 0 spiro atoms. The summed E-state index contributed by atoms with van der Waals surface area (Å²) in [6, 6.07) is 0. The second-order valence-corrected chi connectivity index (χ2v) is 12.3. The van der Waals surface area contributed by atoms with Gasteiger partial charge in [-0.05, 0) is 60.8 Å². The maximum absolute atomic E-state index is 12.3. The first-order valence-electron chi connectivity index (χ1n) is 15.3. The van der Waals surface area contributed by atoms with Crippen molar-refractivity contribution in [3.05, 3.63) is 0 Å². The maximum atomic E-state index is 12.3. The third-order valence-electron chi connectivity index (χ3n) is 6.19. The van der Waals surface area contributed by atoms with Gasteiger partial charge in [-0.15, -0.1) is 0 Å². The topological polar surface area (TPSA) is 134 Å². The monoisotopic (exact) mass is 608 g/mol. The van der Waals surface area contributed by atoms with Crippen LogP contribution in [0.3, 0.4) is 0 Å². The molecule has 0 N–H and O–H groups in total. The third-order valence-corrected chi connectivity index (χ3v) is 6.19. The Hall–Kier alpha value is -2.31. The van der Waals surface area contributed by atoms with Crippen LogP contribution in [0.15, 0.2) is 0 Å². The highest BCUT2D eigenvalue weighted by molar-refractivity contribution is 5.61. The SMILES string of the molecule is CCCCCC(C)(C)OOC(=O)OCC(COC(=O)OOC(C)(C)CCCCC)OC(=O)OOC(C)(C)CCCCC. The van der Waals surface area contributed by atoms with E-state index in [1.807, 2.05) is 0 Å². The number of hydrogen-bond acceptors (Lipinski definition) is 12. The van der Waals surface area contributed by atoms with Crippen molar-refractivity contribution in [1.82, 2.24) is 0 Å². The molecule has 0 rings (SSSR count). The molecule has 0 aromatic carbocycles. The van der Waals surface area contributed by atoms with Gasteiger partial charge in [0, 0.05) is 0 Å². The van der Waals surface area contributed by atoms with E-state index in [0.29, 0.717) is 19.3 Å². The minimum absolute atomic E-state index is 0.538. The third kappa shape index (κ3) is 22.3. The highest BCUT2D eigenvalue weighted by atomic mass is 17.2. The highest BCUT2D eigenvalue weighted by Crippen LogP contribution is 2.21. The molecule has 0 saturated carbocycles. The van der Waals surface area contributed by atoms with Crippen LogP contribution in [0, 0.1) is 0 Å². The maximum Gasteiger partial charge on any atom is 0.540 e. The lowest BCUT2D eigenvalue weighted by atomic mass is 10.0. The second-order valence-electron chi connectivity index (χ2n) is 12.3. The van der Waals surface area contributed by atoms with Gasteiger partial charge in [-0.2, -0.15) is 14.7 Å². The van der Waals surface area contributed by atoms with Crippen molar-refractivity contribution in [3.8, 4) is 0 Å². The van der Waals surface area contributed by atoms with Gasteiger partial charge in [0.1, 0.15) is 30.0 Å². The number of unbranched alkanes of at least 4 members (excludes halogenated alkanes) is 6. The van der Waals surface area contributed by atoms with E-state index in [1.54, 1.807) is 41.5 Å². The smallest absolute Gasteiger partial charge is 0.428 e. The zero-order valence-electron chi connectivity index (χ0n) is 27.4. The largest absolute Gasteiger partial charge is 0.540 e. The van der Waals surface area contributed by atoms with E-state index in [1.165, 1.54) is 0 Å². The van der Waals surface area contributed by atoms with Gasteiger partial charge in [0.15, 0.2) is 6.10 Å². The molecule has 0 saturated heterocycles. The number of carbonyl (C=O) groups is 3. The molecule has 0 aromatic heterocycles. The van der Waals surface area contributed by atoms with E-state index in [4.69, 9.17) is 43.5 Å². The van der Waals surface area contributed by atoms with Crippen LogP contribution in [0.25, 0.3) is 0 Å². The Morgan fingerprint density at radius 3 is 1.12 bits per heavy atom. The molecular formula is C30H56O12. The average Bonchev–Trinajstić information content (AvgIpc) is 2.91. The molecule has 0 amide bonds. The molecule has 0 atom stereocenters. The summed E-state index contributed by atoms with van der Waals surface area (Å²) in [4.78, 5) is 66.6. The van der Waals surface area contributed by atoms with Crippen molar-refractivity contribution >= 4 is 18.5 Å². The molecule has 0 aromatic rings. The first-order chi connectivity index (χ1) is 19.6. The van der Waals surface area contributed by atoms with Crippen LogP contribution in [-0.2, 0) is 43.5 Å². The Balaban J connectivity index is 4.97. The molecule has 12 heteroatoms. The van der Waals surface area contributed by atoms with Crippen LogP contribution < -0.4 is 0 Å². The van der Waals surface area contributed by atoms with Gasteiger partial charge in [-0.1, -0.05) is 78.6 Å². The minimum Gasteiger partial charge on any atom is -0.428 e. The van der Waals surface area contributed by atoms with Gasteiger partial charge in [0.05, 0.1) is 0 Å². The van der Waals surface area contributed by atoms with Gasteiger partial charge < -0.3 is 14.2 Å². The van der Waals surface area contributed by atoms with Crippen molar-refractivity contribution in [2.45, 2.75) is 162 Å². The zero-order chi connectivity index (χ0) is 32.1. The Bertz CT molecular complexity index is 709. The molecule has 248 valence electrons. The Labute approximate surface area is 252 Å². The van der Waals surface area contributed by atoms with Gasteiger partial charge in [0.2, 0.25) is 0 Å². The zero-order valence-corrected chi connectivity index (χ0v) is 27.4. The van der Waals surface area contributed by atoms with Crippen molar-refractivity contribution in [1.29, 1.82) is 0 Å². The van der Waals surface area contributed by atoms with Crippen LogP contribution in [0.4, 0.5) is 14.4 Å². The van der Waals surface area contributed by atoms with Crippen molar-refractivity contribution < 1.29 is 57.9 Å². The summed E-state index contributed by atoms with van der Waals surface area (Å²) in [6.07, 6.45) is 6.10.